The number of esters is 4. The third-order valence-corrected chi connectivity index (χ3v) is 5.53. The lowest BCUT2D eigenvalue weighted by Gasteiger charge is -2.36. The van der Waals surface area contributed by atoms with Crippen molar-refractivity contribution in [1.82, 2.24) is 9.97 Å². The fourth-order valence-corrected chi connectivity index (χ4v) is 3.44. The lowest BCUT2D eigenvalue weighted by atomic mass is 10.2. The number of methoxy groups -OCH3 is 2. The Kier molecular flexibility index (Phi) is 8.76. The Hall–Kier alpha value is -4.22. The average molecular weight is 501 g/mol. The van der Waals surface area contributed by atoms with Crippen LogP contribution in [0.2, 0.25) is 0 Å². The predicted octanol–water partition coefficient (Wildman–Crippen LogP) is 1.24. The Balaban J connectivity index is 1.52. The highest BCUT2D eigenvalue weighted by atomic mass is 16.6. The van der Waals surface area contributed by atoms with Crippen LogP contribution in [-0.2, 0) is 28.5 Å². The SMILES string of the molecule is COC(=O)C(C)OC(=O)c1ccc(N2CCN(c3ccc(C(=O)O[C@@H](C)C(=O)OC)cn3)CC2)nc1. The molecule has 2 aromatic heterocycles. The van der Waals surface area contributed by atoms with Gasteiger partial charge in [0, 0.05) is 38.6 Å². The van der Waals surface area contributed by atoms with Crippen LogP contribution in [0.1, 0.15) is 34.6 Å². The molecule has 1 aliphatic heterocycles. The molecule has 3 rings (SSSR count). The maximum atomic E-state index is 12.2. The molecule has 3 heterocycles. The summed E-state index contributed by atoms with van der Waals surface area (Å²) in [6.07, 6.45) is 0.808. The van der Waals surface area contributed by atoms with Crippen molar-refractivity contribution in [1.29, 1.82) is 0 Å². The van der Waals surface area contributed by atoms with Gasteiger partial charge in [-0.3, -0.25) is 0 Å². The molecule has 0 aromatic carbocycles. The van der Waals surface area contributed by atoms with E-state index in [0.717, 1.165) is 0 Å². The van der Waals surface area contributed by atoms with Gasteiger partial charge >= 0.3 is 23.9 Å². The normalized spacial score (nSPS) is 14.9. The second-order valence-electron chi connectivity index (χ2n) is 7.93. The fourth-order valence-electron chi connectivity index (χ4n) is 3.44. The summed E-state index contributed by atoms with van der Waals surface area (Å²) in [5.74, 6) is -1.17. The van der Waals surface area contributed by atoms with E-state index in [1.54, 1.807) is 24.3 Å². The van der Waals surface area contributed by atoms with Crippen molar-refractivity contribution in [3.8, 4) is 0 Å². The van der Waals surface area contributed by atoms with E-state index < -0.39 is 36.1 Å². The van der Waals surface area contributed by atoms with Gasteiger partial charge in [0.05, 0.1) is 25.3 Å². The zero-order valence-electron chi connectivity index (χ0n) is 20.5. The number of pyridine rings is 2. The molecule has 12 heteroatoms. The summed E-state index contributed by atoms with van der Waals surface area (Å²) in [4.78, 5) is 60.1. The van der Waals surface area contributed by atoms with Gasteiger partial charge in [0.25, 0.3) is 0 Å². The van der Waals surface area contributed by atoms with Gasteiger partial charge in [0.1, 0.15) is 11.6 Å². The Labute approximate surface area is 208 Å². The summed E-state index contributed by atoms with van der Waals surface area (Å²) in [7, 11) is 2.44. The zero-order chi connectivity index (χ0) is 26.2. The molecule has 1 saturated heterocycles. The minimum absolute atomic E-state index is 0.233. The van der Waals surface area contributed by atoms with Crippen LogP contribution in [-0.4, -0.2) is 86.5 Å². The van der Waals surface area contributed by atoms with Gasteiger partial charge in [0.2, 0.25) is 0 Å². The molecule has 2 atom stereocenters. The summed E-state index contributed by atoms with van der Waals surface area (Å²) in [5.41, 5.74) is 0.467. The predicted molar refractivity (Wildman–Crippen MR) is 127 cm³/mol. The second-order valence-corrected chi connectivity index (χ2v) is 7.93. The number of piperazine rings is 1. The van der Waals surface area contributed by atoms with Crippen LogP contribution >= 0.6 is 0 Å². The highest BCUT2D eigenvalue weighted by Crippen LogP contribution is 2.19. The molecule has 192 valence electrons. The van der Waals surface area contributed by atoms with Crippen molar-refractivity contribution in [3.63, 3.8) is 0 Å². The first kappa shape index (κ1) is 26.4. The zero-order valence-corrected chi connectivity index (χ0v) is 20.5. The van der Waals surface area contributed by atoms with E-state index in [0.29, 0.717) is 37.8 Å². The van der Waals surface area contributed by atoms with Crippen molar-refractivity contribution >= 4 is 35.5 Å². The number of nitrogens with zero attached hydrogens (tertiary/aromatic N) is 4. The van der Waals surface area contributed by atoms with Crippen molar-refractivity contribution in [2.24, 2.45) is 0 Å². The van der Waals surface area contributed by atoms with E-state index in [2.05, 4.69) is 29.2 Å². The molecule has 0 bridgehead atoms. The molecule has 0 N–H and O–H groups in total. The summed E-state index contributed by atoms with van der Waals surface area (Å²) < 4.78 is 19.2. The molecule has 12 nitrogen and oxygen atoms in total. The molecule has 36 heavy (non-hydrogen) atoms. The van der Waals surface area contributed by atoms with Gasteiger partial charge in [-0.1, -0.05) is 0 Å². The third-order valence-electron chi connectivity index (χ3n) is 5.53. The van der Waals surface area contributed by atoms with Crippen LogP contribution in [0.25, 0.3) is 0 Å². The molecule has 2 aromatic rings. The van der Waals surface area contributed by atoms with Gasteiger partial charge in [-0.05, 0) is 38.1 Å². The van der Waals surface area contributed by atoms with Crippen LogP contribution < -0.4 is 9.80 Å². The van der Waals surface area contributed by atoms with Gasteiger partial charge in [0.15, 0.2) is 12.2 Å². The third kappa shape index (κ3) is 6.46. The summed E-state index contributed by atoms with van der Waals surface area (Å²) in [5, 5.41) is 0. The van der Waals surface area contributed by atoms with Crippen molar-refractivity contribution in [3.05, 3.63) is 47.8 Å². The highest BCUT2D eigenvalue weighted by Gasteiger charge is 2.23. The second kappa shape index (κ2) is 12.0. The fraction of sp³-hybridized carbons (Fsp3) is 0.417. The van der Waals surface area contributed by atoms with Crippen molar-refractivity contribution in [2.45, 2.75) is 26.1 Å². The minimum atomic E-state index is -1.01. The Morgan fingerprint density at radius 3 is 1.33 bits per heavy atom. The number of carbonyl (C=O) groups is 4. The summed E-state index contributed by atoms with van der Waals surface area (Å²) >= 11 is 0. The van der Waals surface area contributed by atoms with Crippen LogP contribution in [0.3, 0.4) is 0 Å². The molecule has 1 aliphatic rings. The van der Waals surface area contributed by atoms with Gasteiger partial charge < -0.3 is 28.7 Å². The highest BCUT2D eigenvalue weighted by molar-refractivity contribution is 5.92. The van der Waals surface area contributed by atoms with Crippen molar-refractivity contribution in [2.75, 3.05) is 50.2 Å². The number of ether oxygens (including phenoxy) is 4. The number of anilines is 2. The van der Waals surface area contributed by atoms with E-state index in [1.165, 1.54) is 40.5 Å². The minimum Gasteiger partial charge on any atom is -0.466 e. The Bertz CT molecular complexity index is 995. The average Bonchev–Trinajstić information content (AvgIpc) is 2.92. The molecule has 1 fully saturated rings. The maximum Gasteiger partial charge on any atom is 0.346 e. The van der Waals surface area contributed by atoms with Gasteiger partial charge in [-0.25, -0.2) is 29.1 Å². The van der Waals surface area contributed by atoms with Crippen molar-refractivity contribution < 1.29 is 38.1 Å². The first-order chi connectivity index (χ1) is 17.2. The smallest absolute Gasteiger partial charge is 0.346 e. The number of hydrogen-bond donors (Lipinski definition) is 0. The van der Waals surface area contributed by atoms with E-state index in [-0.39, 0.29) is 11.1 Å². The molecule has 0 saturated carbocycles. The molecular formula is C24H28N4O8. The van der Waals surface area contributed by atoms with Crippen LogP contribution in [0.5, 0.6) is 0 Å². The quantitative estimate of drug-likeness (QED) is 0.381. The number of rotatable bonds is 8. The standard InChI is InChI=1S/C24H28N4O8/c1-15(21(29)33-3)35-23(31)17-5-7-19(25-13-17)27-9-11-28(12-10-27)20-8-6-18(14-26-20)24(32)36-16(2)22(30)34-4/h5-8,13-16H,9-12H2,1-4H3/t15-,16?/m0/s1. The molecule has 0 aliphatic carbocycles. The molecular weight excluding hydrogens is 472 g/mol. The van der Waals surface area contributed by atoms with Gasteiger partial charge in [-0.2, -0.15) is 0 Å². The topological polar surface area (TPSA) is 137 Å². The number of carbonyl (C=O) groups excluding carboxylic acids is 4. The largest absolute Gasteiger partial charge is 0.466 e. The Morgan fingerprint density at radius 1 is 0.694 bits per heavy atom. The van der Waals surface area contributed by atoms with Crippen LogP contribution in [0.15, 0.2) is 36.7 Å². The lowest BCUT2D eigenvalue weighted by Crippen LogP contribution is -2.47. The van der Waals surface area contributed by atoms with E-state index in [4.69, 9.17) is 9.47 Å². The lowest BCUT2D eigenvalue weighted by molar-refractivity contribution is -0.150. The maximum absolute atomic E-state index is 12.2. The van der Waals surface area contributed by atoms with E-state index >= 15 is 0 Å². The summed E-state index contributed by atoms with van der Waals surface area (Å²) in [6.45, 7) is 5.53. The van der Waals surface area contributed by atoms with Gasteiger partial charge in [-0.15, -0.1) is 0 Å². The van der Waals surface area contributed by atoms with Crippen LogP contribution in [0, 0.1) is 0 Å². The van der Waals surface area contributed by atoms with E-state index in [1.807, 2.05) is 0 Å². The monoisotopic (exact) mass is 500 g/mol. The van der Waals surface area contributed by atoms with Crippen LogP contribution in [0.4, 0.5) is 11.6 Å². The summed E-state index contributed by atoms with van der Waals surface area (Å²) in [6, 6.07) is 6.65. The van der Waals surface area contributed by atoms with E-state index in [9.17, 15) is 19.2 Å². The Morgan fingerprint density at radius 2 is 1.06 bits per heavy atom. The molecule has 0 radical (unpaired) electrons. The first-order valence-corrected chi connectivity index (χ1v) is 11.2. The molecule has 1 unspecified atom stereocenters. The number of aromatic nitrogens is 2. The molecule has 0 spiro atoms. The first-order valence-electron chi connectivity index (χ1n) is 11.2. The molecule has 0 amide bonds. The number of hydrogen-bond acceptors (Lipinski definition) is 12.